The summed E-state index contributed by atoms with van der Waals surface area (Å²) in [6.07, 6.45) is 4.52. The van der Waals surface area contributed by atoms with Gasteiger partial charge in [0.15, 0.2) is 0 Å². The molecule has 1 aromatic heterocycles. The number of hydrogen-bond acceptors (Lipinski definition) is 1. The van der Waals surface area contributed by atoms with Crippen molar-refractivity contribution in [3.63, 3.8) is 0 Å². The third-order valence-corrected chi connectivity index (χ3v) is 9.03. The van der Waals surface area contributed by atoms with E-state index in [1.807, 2.05) is 0 Å². The molecule has 3 aliphatic carbocycles. The van der Waals surface area contributed by atoms with Crippen molar-refractivity contribution in [3.05, 3.63) is 19.8 Å². The fraction of sp³-hybridized carbons (Fsp3) is 0.692. The standard InChI is InChI=1S/C13H13Br2ClS/c14-7-4-8(17-13(7)16)12(15)11-9-5-1-2-6(3-5)10(9)11/h4-6,9-12H,1-3H2. The Labute approximate surface area is 127 Å². The quantitative estimate of drug-likeness (QED) is 0.547. The molecular weight excluding hydrogens is 383 g/mol. The first kappa shape index (κ1) is 11.7. The summed E-state index contributed by atoms with van der Waals surface area (Å²) in [5, 5.41) is 0. The van der Waals surface area contributed by atoms with E-state index in [0.717, 1.165) is 38.4 Å². The Balaban J connectivity index is 1.57. The largest absolute Gasteiger partial charge is 0.126 e. The number of alkyl halides is 1. The van der Waals surface area contributed by atoms with Gasteiger partial charge in [0.1, 0.15) is 4.34 Å². The second-order valence-corrected chi connectivity index (χ2v) is 9.26. The molecule has 0 nitrogen and oxygen atoms in total. The molecule has 1 aromatic rings. The van der Waals surface area contributed by atoms with Crippen molar-refractivity contribution in [1.29, 1.82) is 0 Å². The maximum atomic E-state index is 6.14. The Bertz CT molecular complexity index is 436. The van der Waals surface area contributed by atoms with Crippen LogP contribution in [0.2, 0.25) is 4.34 Å². The van der Waals surface area contributed by atoms with Crippen molar-refractivity contribution >= 4 is 54.8 Å². The summed E-state index contributed by atoms with van der Waals surface area (Å²) in [6.45, 7) is 0. The predicted octanol–water partition coefficient (Wildman–Crippen LogP) is 5.89. The Kier molecular flexibility index (Phi) is 2.75. The fourth-order valence-corrected chi connectivity index (χ4v) is 7.36. The maximum absolute atomic E-state index is 6.14. The van der Waals surface area contributed by atoms with Gasteiger partial charge in [0.2, 0.25) is 0 Å². The zero-order valence-corrected chi connectivity index (χ0v) is 13.9. The molecule has 3 fully saturated rings. The van der Waals surface area contributed by atoms with E-state index in [4.69, 9.17) is 11.6 Å². The Morgan fingerprint density at radius 3 is 2.47 bits per heavy atom. The van der Waals surface area contributed by atoms with Crippen LogP contribution in [0.1, 0.15) is 29.0 Å². The minimum absolute atomic E-state index is 0.537. The molecule has 2 bridgehead atoms. The number of thiophene rings is 1. The Hall–Kier alpha value is 0.950. The van der Waals surface area contributed by atoms with Gasteiger partial charge in [-0.05, 0) is 70.8 Å². The highest BCUT2D eigenvalue weighted by atomic mass is 79.9. The molecule has 3 saturated carbocycles. The third-order valence-electron chi connectivity index (χ3n) is 5.07. The average molecular weight is 397 g/mol. The summed E-state index contributed by atoms with van der Waals surface area (Å²) in [7, 11) is 0. The molecule has 92 valence electrons. The summed E-state index contributed by atoms with van der Waals surface area (Å²) in [4.78, 5) is 1.94. The van der Waals surface area contributed by atoms with Crippen LogP contribution in [0.25, 0.3) is 0 Å². The average Bonchev–Trinajstić information content (AvgIpc) is 2.60. The number of halogens is 3. The molecule has 0 N–H and O–H groups in total. The second-order valence-electron chi connectivity index (χ2n) is 5.74. The van der Waals surface area contributed by atoms with Crippen molar-refractivity contribution in [2.24, 2.45) is 29.6 Å². The van der Waals surface area contributed by atoms with Crippen LogP contribution in [0.4, 0.5) is 0 Å². The monoisotopic (exact) mass is 394 g/mol. The predicted molar refractivity (Wildman–Crippen MR) is 80.0 cm³/mol. The lowest BCUT2D eigenvalue weighted by Gasteiger charge is -2.12. The van der Waals surface area contributed by atoms with Crippen LogP contribution in [0.5, 0.6) is 0 Å². The molecule has 0 amide bonds. The van der Waals surface area contributed by atoms with E-state index in [-0.39, 0.29) is 0 Å². The summed E-state index contributed by atoms with van der Waals surface area (Å²) >= 11 is 15.3. The zero-order valence-electron chi connectivity index (χ0n) is 9.20. The first-order chi connectivity index (χ1) is 8.16. The lowest BCUT2D eigenvalue weighted by Crippen LogP contribution is -2.02. The van der Waals surface area contributed by atoms with Gasteiger partial charge in [-0.15, -0.1) is 11.3 Å². The van der Waals surface area contributed by atoms with E-state index in [1.165, 1.54) is 24.1 Å². The SMILES string of the molecule is Clc1sc(C(Br)C2C3C4CCC(C4)C32)cc1Br. The normalized spacial score (nSPS) is 43.8. The Morgan fingerprint density at radius 1 is 1.29 bits per heavy atom. The lowest BCUT2D eigenvalue weighted by atomic mass is 10.00. The number of rotatable bonds is 2. The van der Waals surface area contributed by atoms with Crippen molar-refractivity contribution < 1.29 is 0 Å². The van der Waals surface area contributed by atoms with E-state index in [2.05, 4.69) is 37.9 Å². The summed E-state index contributed by atoms with van der Waals surface area (Å²) in [5.74, 6) is 5.04. The molecule has 0 radical (unpaired) electrons. The van der Waals surface area contributed by atoms with Gasteiger partial charge in [-0.25, -0.2) is 0 Å². The van der Waals surface area contributed by atoms with Gasteiger partial charge in [0.25, 0.3) is 0 Å². The van der Waals surface area contributed by atoms with Crippen LogP contribution >= 0.6 is 54.8 Å². The molecule has 4 rings (SSSR count). The Morgan fingerprint density at radius 2 is 1.94 bits per heavy atom. The van der Waals surface area contributed by atoms with Crippen LogP contribution in [0, 0.1) is 29.6 Å². The highest BCUT2D eigenvalue weighted by Crippen LogP contribution is 2.73. The van der Waals surface area contributed by atoms with Crippen LogP contribution < -0.4 is 0 Å². The van der Waals surface area contributed by atoms with E-state index in [9.17, 15) is 0 Å². The molecule has 1 heterocycles. The topological polar surface area (TPSA) is 0 Å². The van der Waals surface area contributed by atoms with Crippen molar-refractivity contribution in [2.45, 2.75) is 24.1 Å². The van der Waals surface area contributed by atoms with Gasteiger partial charge in [-0.2, -0.15) is 0 Å². The highest BCUT2D eigenvalue weighted by molar-refractivity contribution is 9.10. The van der Waals surface area contributed by atoms with E-state index < -0.39 is 0 Å². The van der Waals surface area contributed by atoms with Gasteiger partial charge < -0.3 is 0 Å². The molecule has 0 saturated heterocycles. The number of hydrogen-bond donors (Lipinski definition) is 0. The minimum Gasteiger partial charge on any atom is -0.126 e. The zero-order chi connectivity index (χ0) is 11.7. The summed E-state index contributed by atoms with van der Waals surface area (Å²) in [6, 6.07) is 2.20. The van der Waals surface area contributed by atoms with Gasteiger partial charge >= 0.3 is 0 Å². The second kappa shape index (κ2) is 3.97. The van der Waals surface area contributed by atoms with Crippen LogP contribution in [-0.2, 0) is 0 Å². The highest BCUT2D eigenvalue weighted by Gasteiger charge is 2.66. The lowest BCUT2D eigenvalue weighted by molar-refractivity contribution is 0.456. The van der Waals surface area contributed by atoms with Gasteiger partial charge in [0.05, 0.1) is 4.83 Å². The van der Waals surface area contributed by atoms with Crippen LogP contribution in [-0.4, -0.2) is 0 Å². The van der Waals surface area contributed by atoms with Crippen molar-refractivity contribution in [2.75, 3.05) is 0 Å². The summed E-state index contributed by atoms with van der Waals surface area (Å²) in [5.41, 5.74) is 0. The smallest absolute Gasteiger partial charge is 0.107 e. The molecule has 5 unspecified atom stereocenters. The first-order valence-electron chi connectivity index (χ1n) is 6.25. The van der Waals surface area contributed by atoms with Gasteiger partial charge in [-0.1, -0.05) is 27.5 Å². The van der Waals surface area contributed by atoms with Crippen LogP contribution in [0.3, 0.4) is 0 Å². The van der Waals surface area contributed by atoms with Crippen molar-refractivity contribution in [3.8, 4) is 0 Å². The van der Waals surface area contributed by atoms with E-state index in [1.54, 1.807) is 11.3 Å². The molecule has 5 atom stereocenters. The summed E-state index contributed by atoms with van der Waals surface area (Å²) < 4.78 is 1.94. The number of fused-ring (bicyclic) bond motifs is 5. The molecule has 0 aromatic carbocycles. The fourth-order valence-electron chi connectivity index (χ4n) is 4.47. The van der Waals surface area contributed by atoms with E-state index in [0.29, 0.717) is 4.83 Å². The van der Waals surface area contributed by atoms with E-state index >= 15 is 0 Å². The van der Waals surface area contributed by atoms with Gasteiger partial charge in [0, 0.05) is 9.35 Å². The molecule has 0 spiro atoms. The van der Waals surface area contributed by atoms with Crippen molar-refractivity contribution in [1.82, 2.24) is 0 Å². The third kappa shape index (κ3) is 1.65. The molecule has 4 heteroatoms. The molecule has 0 aliphatic heterocycles. The van der Waals surface area contributed by atoms with Gasteiger partial charge in [-0.3, -0.25) is 0 Å². The first-order valence-corrected chi connectivity index (χ1v) is 9.16. The maximum Gasteiger partial charge on any atom is 0.107 e. The molecule has 3 aliphatic rings. The molecular formula is C13H13Br2ClS. The van der Waals surface area contributed by atoms with Crippen LogP contribution in [0.15, 0.2) is 10.5 Å². The minimum atomic E-state index is 0.537. The molecule has 17 heavy (non-hydrogen) atoms.